The van der Waals surface area contributed by atoms with Crippen LogP contribution in [0.25, 0.3) is 0 Å². The van der Waals surface area contributed by atoms with E-state index in [1.54, 1.807) is 0 Å². The van der Waals surface area contributed by atoms with E-state index in [-0.39, 0.29) is 0 Å². The normalized spacial score (nSPS) is 14.3. The second kappa shape index (κ2) is 7.03. The quantitative estimate of drug-likeness (QED) is 0.847. The minimum absolute atomic E-state index is 0.518. The lowest BCUT2D eigenvalue weighted by molar-refractivity contribution is 0.104. The predicted octanol–water partition coefficient (Wildman–Crippen LogP) is 3.70. The van der Waals surface area contributed by atoms with Crippen molar-refractivity contribution >= 4 is 11.6 Å². The van der Waals surface area contributed by atoms with Crippen LogP contribution in [0.15, 0.2) is 42.5 Å². The Kier molecular flexibility index (Phi) is 4.86. The van der Waals surface area contributed by atoms with Crippen LogP contribution < -0.4 is 5.32 Å². The van der Waals surface area contributed by atoms with Crippen LogP contribution in [0.5, 0.6) is 0 Å². The molecule has 0 aliphatic heterocycles. The maximum Gasteiger partial charge on any atom is 0.0892 e. The summed E-state index contributed by atoms with van der Waals surface area (Å²) in [6, 6.07) is 14.5. The third kappa shape index (κ3) is 4.81. The fourth-order valence-electron chi connectivity index (χ4n) is 2.14. The van der Waals surface area contributed by atoms with E-state index in [9.17, 15) is 0 Å². The molecule has 1 aromatic carbocycles. The average molecular weight is 303 g/mol. The van der Waals surface area contributed by atoms with E-state index < -0.39 is 0 Å². The number of pyridine rings is 1. The van der Waals surface area contributed by atoms with Gasteiger partial charge in [0.1, 0.15) is 0 Å². The highest BCUT2D eigenvalue weighted by molar-refractivity contribution is 6.30. The van der Waals surface area contributed by atoms with Gasteiger partial charge in [0.05, 0.1) is 24.6 Å². The predicted molar refractivity (Wildman–Crippen MR) is 84.0 cm³/mol. The number of hydrogen-bond donors (Lipinski definition) is 1. The molecule has 0 amide bonds. The van der Waals surface area contributed by atoms with E-state index in [1.165, 1.54) is 12.8 Å². The van der Waals surface area contributed by atoms with Crippen LogP contribution in [0.2, 0.25) is 5.02 Å². The van der Waals surface area contributed by atoms with E-state index in [1.807, 2.05) is 36.4 Å². The lowest BCUT2D eigenvalue weighted by atomic mass is 10.2. The van der Waals surface area contributed by atoms with Crippen molar-refractivity contribution in [1.29, 1.82) is 0 Å². The molecule has 4 heteroatoms. The molecule has 3 rings (SSSR count). The molecule has 3 nitrogen and oxygen atoms in total. The van der Waals surface area contributed by atoms with Gasteiger partial charge in [-0.2, -0.15) is 0 Å². The van der Waals surface area contributed by atoms with Crippen molar-refractivity contribution < 1.29 is 4.74 Å². The smallest absolute Gasteiger partial charge is 0.0892 e. The topological polar surface area (TPSA) is 34.1 Å². The molecule has 0 bridgehead atoms. The molecule has 110 valence electrons. The molecule has 0 saturated heterocycles. The van der Waals surface area contributed by atoms with Gasteiger partial charge in [0.15, 0.2) is 0 Å². The second-order valence-electron chi connectivity index (χ2n) is 5.40. The first-order valence-electron chi connectivity index (χ1n) is 7.30. The highest BCUT2D eigenvalue weighted by atomic mass is 35.5. The van der Waals surface area contributed by atoms with Crippen LogP contribution in [0.3, 0.4) is 0 Å². The average Bonchev–Trinajstić information content (AvgIpc) is 3.30. The van der Waals surface area contributed by atoms with Crippen molar-refractivity contribution in [1.82, 2.24) is 10.3 Å². The van der Waals surface area contributed by atoms with Crippen molar-refractivity contribution in [3.05, 3.63) is 64.4 Å². The maximum atomic E-state index is 5.95. The molecule has 21 heavy (non-hydrogen) atoms. The zero-order valence-electron chi connectivity index (χ0n) is 11.9. The summed E-state index contributed by atoms with van der Waals surface area (Å²) in [5.74, 6) is 0. The van der Waals surface area contributed by atoms with Gasteiger partial charge in [-0.1, -0.05) is 29.8 Å². The Morgan fingerprint density at radius 3 is 2.71 bits per heavy atom. The number of ether oxygens (including phenoxy) is 1. The van der Waals surface area contributed by atoms with Gasteiger partial charge < -0.3 is 10.1 Å². The summed E-state index contributed by atoms with van der Waals surface area (Å²) in [5, 5.41) is 4.21. The molecular weight excluding hydrogens is 284 g/mol. The van der Waals surface area contributed by atoms with E-state index in [0.717, 1.165) is 28.5 Å². The third-order valence-electron chi connectivity index (χ3n) is 3.42. The van der Waals surface area contributed by atoms with Gasteiger partial charge in [-0.15, -0.1) is 0 Å². The van der Waals surface area contributed by atoms with Crippen LogP contribution in [-0.4, -0.2) is 11.0 Å². The SMILES string of the molecule is Clc1cccc(COCc2cccc(CNC3CC3)n2)c1. The van der Waals surface area contributed by atoms with Crippen LogP contribution in [0.4, 0.5) is 0 Å². The van der Waals surface area contributed by atoms with Crippen molar-refractivity contribution in [3.8, 4) is 0 Å². The van der Waals surface area contributed by atoms with Crippen LogP contribution in [0, 0.1) is 0 Å². The lowest BCUT2D eigenvalue weighted by Crippen LogP contribution is -2.16. The van der Waals surface area contributed by atoms with Gasteiger partial charge in [-0.05, 0) is 42.7 Å². The zero-order chi connectivity index (χ0) is 14.5. The molecule has 1 saturated carbocycles. The Balaban J connectivity index is 1.49. The van der Waals surface area contributed by atoms with E-state index in [0.29, 0.717) is 19.3 Å². The third-order valence-corrected chi connectivity index (χ3v) is 3.66. The standard InChI is InChI=1S/C17H19ClN2O/c18-14-4-1-3-13(9-14)11-21-12-17-6-2-5-16(20-17)10-19-15-7-8-15/h1-6,9,15,19H,7-8,10-12H2. The summed E-state index contributed by atoms with van der Waals surface area (Å²) in [5.41, 5.74) is 3.12. The molecule has 2 aromatic rings. The Labute approximate surface area is 130 Å². The van der Waals surface area contributed by atoms with Gasteiger partial charge in [0.2, 0.25) is 0 Å². The van der Waals surface area contributed by atoms with Crippen molar-refractivity contribution in [2.75, 3.05) is 0 Å². The monoisotopic (exact) mass is 302 g/mol. The molecule has 0 atom stereocenters. The van der Waals surface area contributed by atoms with Crippen LogP contribution in [-0.2, 0) is 24.5 Å². The molecule has 0 unspecified atom stereocenters. The molecule has 0 radical (unpaired) electrons. The minimum atomic E-state index is 0.518. The molecule has 1 aliphatic rings. The summed E-state index contributed by atoms with van der Waals surface area (Å²) >= 11 is 5.95. The fraction of sp³-hybridized carbons (Fsp3) is 0.353. The van der Waals surface area contributed by atoms with Crippen LogP contribution >= 0.6 is 11.6 Å². The van der Waals surface area contributed by atoms with Crippen molar-refractivity contribution in [2.24, 2.45) is 0 Å². The Hall–Kier alpha value is -1.42. The molecule has 1 fully saturated rings. The first-order valence-corrected chi connectivity index (χ1v) is 7.68. The number of rotatable bonds is 7. The summed E-state index contributed by atoms with van der Waals surface area (Å²) in [6.07, 6.45) is 2.59. The Bertz CT molecular complexity index is 599. The molecular formula is C17H19ClN2O. The molecule has 1 N–H and O–H groups in total. The molecule has 0 spiro atoms. The number of benzene rings is 1. The first-order chi connectivity index (χ1) is 10.3. The Morgan fingerprint density at radius 2 is 1.90 bits per heavy atom. The van der Waals surface area contributed by atoms with Crippen molar-refractivity contribution in [3.63, 3.8) is 0 Å². The molecule has 1 aromatic heterocycles. The number of halogens is 1. The number of nitrogens with zero attached hydrogens (tertiary/aromatic N) is 1. The van der Waals surface area contributed by atoms with Gasteiger partial charge in [0.25, 0.3) is 0 Å². The van der Waals surface area contributed by atoms with Crippen molar-refractivity contribution in [2.45, 2.75) is 38.6 Å². The number of nitrogens with one attached hydrogen (secondary N) is 1. The summed E-state index contributed by atoms with van der Waals surface area (Å²) < 4.78 is 5.71. The van der Waals surface area contributed by atoms with Gasteiger partial charge in [-0.25, -0.2) is 0 Å². The van der Waals surface area contributed by atoms with Crippen LogP contribution in [0.1, 0.15) is 29.8 Å². The molecule has 1 heterocycles. The maximum absolute atomic E-state index is 5.95. The summed E-state index contributed by atoms with van der Waals surface area (Å²) in [7, 11) is 0. The number of hydrogen-bond acceptors (Lipinski definition) is 3. The van der Waals surface area contributed by atoms with Gasteiger partial charge >= 0.3 is 0 Å². The van der Waals surface area contributed by atoms with Gasteiger partial charge in [-0.3, -0.25) is 4.98 Å². The fourth-order valence-corrected chi connectivity index (χ4v) is 2.36. The molecule has 1 aliphatic carbocycles. The lowest BCUT2D eigenvalue weighted by Gasteiger charge is -2.07. The summed E-state index contributed by atoms with van der Waals surface area (Å²) in [4.78, 5) is 4.61. The highest BCUT2D eigenvalue weighted by Crippen LogP contribution is 2.19. The van der Waals surface area contributed by atoms with E-state index in [2.05, 4.69) is 16.4 Å². The Morgan fingerprint density at radius 1 is 1.10 bits per heavy atom. The van der Waals surface area contributed by atoms with Gasteiger partial charge in [0, 0.05) is 17.6 Å². The first kappa shape index (κ1) is 14.5. The highest BCUT2D eigenvalue weighted by Gasteiger charge is 2.20. The van der Waals surface area contributed by atoms with E-state index >= 15 is 0 Å². The largest absolute Gasteiger partial charge is 0.370 e. The summed E-state index contributed by atoms with van der Waals surface area (Å²) in [6.45, 7) is 1.91. The second-order valence-corrected chi connectivity index (χ2v) is 5.83. The minimum Gasteiger partial charge on any atom is -0.370 e. The zero-order valence-corrected chi connectivity index (χ0v) is 12.6. The number of aromatic nitrogens is 1. The van der Waals surface area contributed by atoms with E-state index in [4.69, 9.17) is 16.3 Å².